The molecule has 0 aromatic carbocycles. The molecule has 1 saturated heterocycles. The van der Waals surface area contributed by atoms with Crippen LogP contribution in [0.15, 0.2) is 0 Å². The van der Waals surface area contributed by atoms with Crippen molar-refractivity contribution in [2.45, 2.75) is 38.8 Å². The van der Waals surface area contributed by atoms with E-state index < -0.39 is 29.6 Å². The SMILES string of the molecule is CN1CC(C[C@H](NC(=O)OC(C)(C)C)C(=O)O)C(=O)N1. The van der Waals surface area contributed by atoms with Gasteiger partial charge in [-0.3, -0.25) is 10.2 Å². The smallest absolute Gasteiger partial charge is 0.408 e. The number of amides is 2. The lowest BCUT2D eigenvalue weighted by Gasteiger charge is -2.22. The monoisotopic (exact) mass is 287 g/mol. The molecule has 1 rings (SSSR count). The molecule has 1 heterocycles. The average molecular weight is 287 g/mol. The van der Waals surface area contributed by atoms with E-state index in [0.717, 1.165) is 0 Å². The van der Waals surface area contributed by atoms with Gasteiger partial charge in [0.15, 0.2) is 0 Å². The van der Waals surface area contributed by atoms with Crippen LogP contribution in [0.5, 0.6) is 0 Å². The van der Waals surface area contributed by atoms with Crippen LogP contribution in [-0.4, -0.2) is 53.3 Å². The van der Waals surface area contributed by atoms with Crippen molar-refractivity contribution >= 4 is 18.0 Å². The van der Waals surface area contributed by atoms with Gasteiger partial charge in [0.2, 0.25) is 5.91 Å². The molecule has 0 saturated carbocycles. The zero-order chi connectivity index (χ0) is 15.5. The Hall–Kier alpha value is -1.83. The molecular formula is C12H21N3O5. The molecule has 0 spiro atoms. The summed E-state index contributed by atoms with van der Waals surface area (Å²) in [6.45, 7) is 5.45. The molecule has 3 N–H and O–H groups in total. The van der Waals surface area contributed by atoms with Crippen LogP contribution in [0.25, 0.3) is 0 Å². The highest BCUT2D eigenvalue weighted by Gasteiger charge is 2.34. The predicted molar refractivity (Wildman–Crippen MR) is 69.7 cm³/mol. The van der Waals surface area contributed by atoms with E-state index in [2.05, 4.69) is 10.7 Å². The molecule has 0 aromatic rings. The molecule has 2 atom stereocenters. The van der Waals surface area contributed by atoms with Gasteiger partial charge in [0.25, 0.3) is 0 Å². The minimum Gasteiger partial charge on any atom is -0.480 e. The highest BCUT2D eigenvalue weighted by molar-refractivity contribution is 5.83. The van der Waals surface area contributed by atoms with Gasteiger partial charge >= 0.3 is 12.1 Å². The van der Waals surface area contributed by atoms with E-state index in [1.165, 1.54) is 0 Å². The Balaban J connectivity index is 2.59. The number of ether oxygens (including phenoxy) is 1. The molecule has 1 aliphatic rings. The van der Waals surface area contributed by atoms with Crippen LogP contribution < -0.4 is 10.7 Å². The van der Waals surface area contributed by atoms with E-state index >= 15 is 0 Å². The van der Waals surface area contributed by atoms with Gasteiger partial charge in [0.1, 0.15) is 11.6 Å². The van der Waals surface area contributed by atoms with Gasteiger partial charge in [-0.25, -0.2) is 14.6 Å². The van der Waals surface area contributed by atoms with Crippen molar-refractivity contribution < 1.29 is 24.2 Å². The van der Waals surface area contributed by atoms with E-state index in [1.807, 2.05) is 0 Å². The number of carboxylic acids is 1. The fraction of sp³-hybridized carbons (Fsp3) is 0.750. The molecule has 1 fully saturated rings. The molecular weight excluding hydrogens is 266 g/mol. The lowest BCUT2D eigenvalue weighted by atomic mass is 10.0. The molecule has 1 unspecified atom stereocenters. The zero-order valence-electron chi connectivity index (χ0n) is 12.1. The first-order valence-corrected chi connectivity index (χ1v) is 6.32. The summed E-state index contributed by atoms with van der Waals surface area (Å²) in [5.74, 6) is -1.92. The van der Waals surface area contributed by atoms with Crippen molar-refractivity contribution in [3.05, 3.63) is 0 Å². The van der Waals surface area contributed by atoms with Crippen molar-refractivity contribution in [1.82, 2.24) is 15.8 Å². The Morgan fingerprint density at radius 2 is 2.15 bits per heavy atom. The van der Waals surface area contributed by atoms with Gasteiger partial charge in [0.05, 0.1) is 5.92 Å². The van der Waals surface area contributed by atoms with E-state index in [1.54, 1.807) is 32.8 Å². The van der Waals surface area contributed by atoms with Crippen molar-refractivity contribution in [2.24, 2.45) is 5.92 Å². The van der Waals surface area contributed by atoms with Crippen molar-refractivity contribution in [2.75, 3.05) is 13.6 Å². The second kappa shape index (κ2) is 6.08. The third kappa shape index (κ3) is 5.04. The second-order valence-corrected chi connectivity index (χ2v) is 5.83. The Labute approximate surface area is 117 Å². The molecule has 0 radical (unpaired) electrons. The Kier molecular flexibility index (Phi) is 4.93. The minimum absolute atomic E-state index is 0.0186. The van der Waals surface area contributed by atoms with Crippen LogP contribution in [0.3, 0.4) is 0 Å². The third-order valence-corrected chi connectivity index (χ3v) is 2.68. The number of hydrogen-bond donors (Lipinski definition) is 3. The quantitative estimate of drug-likeness (QED) is 0.669. The highest BCUT2D eigenvalue weighted by Crippen LogP contribution is 2.14. The summed E-state index contributed by atoms with van der Waals surface area (Å²) in [6.07, 6.45) is -0.790. The Morgan fingerprint density at radius 3 is 2.55 bits per heavy atom. The average Bonchev–Trinajstić information content (AvgIpc) is 2.53. The number of hydrogen-bond acceptors (Lipinski definition) is 5. The molecule has 114 valence electrons. The fourth-order valence-corrected chi connectivity index (χ4v) is 1.88. The maximum atomic E-state index is 11.6. The summed E-state index contributed by atoms with van der Waals surface area (Å²) in [5, 5.41) is 13.0. The number of carboxylic acid groups (broad SMARTS) is 1. The second-order valence-electron chi connectivity index (χ2n) is 5.83. The maximum absolute atomic E-state index is 11.6. The number of aliphatic carboxylic acids is 1. The van der Waals surface area contributed by atoms with E-state index in [4.69, 9.17) is 9.84 Å². The Morgan fingerprint density at radius 1 is 1.55 bits per heavy atom. The molecule has 0 bridgehead atoms. The minimum atomic E-state index is -1.20. The van der Waals surface area contributed by atoms with Crippen LogP contribution in [0.4, 0.5) is 4.79 Å². The predicted octanol–water partition coefficient (Wildman–Crippen LogP) is -0.0528. The number of carbonyl (C=O) groups excluding carboxylic acids is 2. The van der Waals surface area contributed by atoms with Crippen LogP contribution in [0, 0.1) is 5.92 Å². The third-order valence-electron chi connectivity index (χ3n) is 2.68. The Bertz CT molecular complexity index is 404. The lowest BCUT2D eigenvalue weighted by Crippen LogP contribution is -2.45. The number of hydrazine groups is 1. The molecule has 8 nitrogen and oxygen atoms in total. The van der Waals surface area contributed by atoms with Gasteiger partial charge < -0.3 is 15.2 Å². The van der Waals surface area contributed by atoms with Crippen molar-refractivity contribution in [3.8, 4) is 0 Å². The zero-order valence-corrected chi connectivity index (χ0v) is 12.1. The molecule has 8 heteroatoms. The van der Waals surface area contributed by atoms with Crippen LogP contribution in [0.1, 0.15) is 27.2 Å². The number of nitrogens with one attached hydrogen (secondary N) is 2. The maximum Gasteiger partial charge on any atom is 0.408 e. The molecule has 20 heavy (non-hydrogen) atoms. The van der Waals surface area contributed by atoms with Crippen LogP contribution in [-0.2, 0) is 14.3 Å². The normalized spacial score (nSPS) is 21.2. The summed E-state index contributed by atoms with van der Waals surface area (Å²) in [7, 11) is 1.69. The summed E-state index contributed by atoms with van der Waals surface area (Å²) < 4.78 is 5.01. The fourth-order valence-electron chi connectivity index (χ4n) is 1.88. The first kappa shape index (κ1) is 16.2. The van der Waals surface area contributed by atoms with E-state index in [9.17, 15) is 14.4 Å². The van der Waals surface area contributed by atoms with Gasteiger partial charge in [-0.15, -0.1) is 0 Å². The molecule has 2 amide bonds. The number of carbonyl (C=O) groups is 3. The van der Waals surface area contributed by atoms with Gasteiger partial charge in [-0.1, -0.05) is 0 Å². The first-order valence-electron chi connectivity index (χ1n) is 6.32. The topological polar surface area (TPSA) is 108 Å². The van der Waals surface area contributed by atoms with Crippen LogP contribution >= 0.6 is 0 Å². The number of nitrogens with zero attached hydrogens (tertiary/aromatic N) is 1. The van der Waals surface area contributed by atoms with E-state index in [-0.39, 0.29) is 12.3 Å². The number of alkyl carbamates (subject to hydrolysis) is 1. The standard InChI is InChI=1S/C12H21N3O5/c1-12(2,3)20-11(19)13-8(10(17)18)5-7-6-15(4)14-9(7)16/h7-8H,5-6H2,1-4H3,(H,13,19)(H,14,16)(H,17,18)/t7?,8-/m0/s1. The lowest BCUT2D eigenvalue weighted by molar-refractivity contribution is -0.140. The summed E-state index contributed by atoms with van der Waals surface area (Å²) in [4.78, 5) is 34.3. The van der Waals surface area contributed by atoms with Crippen molar-refractivity contribution in [3.63, 3.8) is 0 Å². The van der Waals surface area contributed by atoms with Gasteiger partial charge in [0, 0.05) is 13.6 Å². The first-order chi connectivity index (χ1) is 9.08. The van der Waals surface area contributed by atoms with Gasteiger partial charge in [-0.2, -0.15) is 0 Å². The highest BCUT2D eigenvalue weighted by atomic mass is 16.6. The summed E-state index contributed by atoms with van der Waals surface area (Å²) in [5.41, 5.74) is 1.85. The van der Waals surface area contributed by atoms with Crippen molar-refractivity contribution in [1.29, 1.82) is 0 Å². The molecule has 1 aliphatic heterocycles. The van der Waals surface area contributed by atoms with Crippen LogP contribution in [0.2, 0.25) is 0 Å². The molecule has 0 aliphatic carbocycles. The molecule has 0 aromatic heterocycles. The summed E-state index contributed by atoms with van der Waals surface area (Å²) in [6, 6.07) is -1.16. The van der Waals surface area contributed by atoms with Gasteiger partial charge in [-0.05, 0) is 27.2 Å². The van der Waals surface area contributed by atoms with E-state index in [0.29, 0.717) is 6.54 Å². The largest absolute Gasteiger partial charge is 0.480 e. The number of rotatable bonds is 4. The summed E-state index contributed by atoms with van der Waals surface area (Å²) >= 11 is 0.